The van der Waals surface area contributed by atoms with Crippen LogP contribution in [0.2, 0.25) is 0 Å². The molecule has 1 spiro atoms. The third-order valence-electron chi connectivity index (χ3n) is 11.6. The van der Waals surface area contributed by atoms with E-state index in [1.165, 1.54) is 25.3 Å². The van der Waals surface area contributed by atoms with Gasteiger partial charge in [-0.2, -0.15) is 0 Å². The van der Waals surface area contributed by atoms with E-state index in [0.717, 1.165) is 38.5 Å². The number of hydrogen-bond acceptors (Lipinski definition) is 6. The van der Waals surface area contributed by atoms with E-state index in [1.54, 1.807) is 0 Å². The second-order valence-corrected chi connectivity index (χ2v) is 13.3. The van der Waals surface area contributed by atoms with Crippen molar-refractivity contribution < 1.29 is 24.2 Å². The Labute approximate surface area is 209 Å². The van der Waals surface area contributed by atoms with E-state index >= 15 is 0 Å². The maximum Gasteiger partial charge on any atom is 0.302 e. The Bertz CT molecular complexity index is 961. The summed E-state index contributed by atoms with van der Waals surface area (Å²) in [6.45, 7) is 11.6. The number of carbonyl (C=O) groups is 1. The number of fused-ring (bicyclic) bond motifs is 7. The minimum absolute atomic E-state index is 0.0501. The molecule has 2 aliphatic heterocycles. The molecular weight excluding hydrogens is 442 g/mol. The molecule has 3 saturated carbocycles. The molecule has 6 heteroatoms. The van der Waals surface area contributed by atoms with Crippen LogP contribution < -0.4 is 0 Å². The smallest absolute Gasteiger partial charge is 0.302 e. The Morgan fingerprint density at radius 3 is 2.71 bits per heavy atom. The zero-order valence-corrected chi connectivity index (χ0v) is 22.1. The van der Waals surface area contributed by atoms with Crippen molar-refractivity contribution in [3.05, 3.63) is 11.6 Å². The number of esters is 1. The minimum Gasteiger partial charge on any atom is -0.462 e. The Morgan fingerprint density at radius 1 is 1.17 bits per heavy atom. The summed E-state index contributed by atoms with van der Waals surface area (Å²) >= 11 is 0. The van der Waals surface area contributed by atoms with Crippen LogP contribution in [0.3, 0.4) is 0 Å². The predicted octanol–water partition coefficient (Wildman–Crippen LogP) is 5.72. The molecular formula is C29H43NO5. The molecule has 6 rings (SSSR count). The molecule has 0 bridgehead atoms. The standard InChI is InChI=1S/C29H43NO5/c1-16-12-25(30-32)29(33-15-16)17(2)26-24(35-29)14-23-21-7-6-19-13-20(34-18(3)31)8-10-27(19,4)22(21)9-11-28(23,26)5/h6,16-17,20-24,26,32H,7-15H2,1-5H3/b30-25+/t16-,17-,20-,21+,22-,23-,24-,26-,27-,28-,29-/m0/s1. The molecule has 0 radical (unpaired) electrons. The summed E-state index contributed by atoms with van der Waals surface area (Å²) in [4.78, 5) is 11.5. The highest BCUT2D eigenvalue weighted by atomic mass is 16.7. The van der Waals surface area contributed by atoms with Crippen molar-refractivity contribution in [2.24, 2.45) is 51.5 Å². The lowest BCUT2D eigenvalue weighted by molar-refractivity contribution is -0.216. The largest absolute Gasteiger partial charge is 0.462 e. The molecule has 0 unspecified atom stereocenters. The van der Waals surface area contributed by atoms with Gasteiger partial charge in [-0.15, -0.1) is 0 Å². The van der Waals surface area contributed by atoms with Crippen molar-refractivity contribution in [3.63, 3.8) is 0 Å². The van der Waals surface area contributed by atoms with Gasteiger partial charge in [-0.05, 0) is 85.4 Å². The van der Waals surface area contributed by atoms with Crippen LogP contribution in [0.5, 0.6) is 0 Å². The van der Waals surface area contributed by atoms with E-state index in [9.17, 15) is 10.0 Å². The highest BCUT2D eigenvalue weighted by Gasteiger charge is 2.70. The SMILES string of the molecule is CC(=O)O[C@H]1CC[C@@]2(C)C(=CC[C@H]3[C@@H]4C[C@@H]5O[C@@]6(OC[C@@H](C)C/C6=N\O)[C@@H](C)[C@@H]5[C@@]4(C)CC[C@@H]32)C1. The van der Waals surface area contributed by atoms with Crippen molar-refractivity contribution in [1.82, 2.24) is 0 Å². The molecule has 6 aliphatic rings. The molecule has 6 nitrogen and oxygen atoms in total. The molecule has 5 fully saturated rings. The Balaban J connectivity index is 1.26. The highest BCUT2D eigenvalue weighted by molar-refractivity contribution is 5.92. The number of hydrogen-bond donors (Lipinski definition) is 1. The Hall–Kier alpha value is -1.40. The van der Waals surface area contributed by atoms with Crippen LogP contribution in [-0.2, 0) is 19.0 Å². The lowest BCUT2D eigenvalue weighted by Gasteiger charge is -2.58. The average molecular weight is 486 g/mol. The van der Waals surface area contributed by atoms with Crippen molar-refractivity contribution in [1.29, 1.82) is 0 Å². The lowest BCUT2D eigenvalue weighted by atomic mass is 9.47. The first-order valence-corrected chi connectivity index (χ1v) is 14.0. The fraction of sp³-hybridized carbons (Fsp3) is 0.862. The summed E-state index contributed by atoms with van der Waals surface area (Å²) < 4.78 is 18.8. The number of nitrogens with zero attached hydrogens (tertiary/aromatic N) is 1. The van der Waals surface area contributed by atoms with Crippen LogP contribution in [-0.4, -0.2) is 41.5 Å². The quantitative estimate of drug-likeness (QED) is 0.222. The van der Waals surface area contributed by atoms with Crippen molar-refractivity contribution in [2.45, 2.75) is 104 Å². The van der Waals surface area contributed by atoms with Gasteiger partial charge in [0.1, 0.15) is 11.8 Å². The van der Waals surface area contributed by atoms with Crippen LogP contribution in [0.1, 0.15) is 86.0 Å². The van der Waals surface area contributed by atoms with E-state index in [1.807, 2.05) is 0 Å². The first-order valence-electron chi connectivity index (χ1n) is 14.0. The fourth-order valence-corrected chi connectivity index (χ4v) is 10.1. The van der Waals surface area contributed by atoms with Gasteiger partial charge in [0.2, 0.25) is 5.79 Å². The van der Waals surface area contributed by atoms with Crippen LogP contribution >= 0.6 is 0 Å². The van der Waals surface area contributed by atoms with Gasteiger partial charge >= 0.3 is 5.97 Å². The van der Waals surface area contributed by atoms with E-state index in [-0.39, 0.29) is 34.9 Å². The maximum absolute atomic E-state index is 11.5. The van der Waals surface area contributed by atoms with Gasteiger partial charge in [0.05, 0.1) is 12.7 Å². The summed E-state index contributed by atoms with van der Waals surface area (Å²) in [5, 5.41) is 13.6. The summed E-state index contributed by atoms with van der Waals surface area (Å²) in [7, 11) is 0. The monoisotopic (exact) mass is 485 g/mol. The molecule has 11 atom stereocenters. The normalized spacial score (nSPS) is 54.0. The summed E-state index contributed by atoms with van der Waals surface area (Å²) in [5.41, 5.74) is 2.67. The molecule has 0 aromatic rings. The molecule has 0 amide bonds. The summed E-state index contributed by atoms with van der Waals surface area (Å²) in [6.07, 6.45) is 11.2. The number of ether oxygens (including phenoxy) is 3. The number of rotatable bonds is 1. The van der Waals surface area contributed by atoms with Gasteiger partial charge < -0.3 is 19.4 Å². The Kier molecular flexibility index (Phi) is 5.51. The predicted molar refractivity (Wildman–Crippen MR) is 132 cm³/mol. The van der Waals surface area contributed by atoms with E-state index in [2.05, 4.69) is 38.9 Å². The first kappa shape index (κ1) is 24.0. The van der Waals surface area contributed by atoms with Gasteiger partial charge in [0.25, 0.3) is 0 Å². The number of carbonyl (C=O) groups excluding carboxylic acids is 1. The van der Waals surface area contributed by atoms with Crippen molar-refractivity contribution >= 4 is 11.7 Å². The van der Waals surface area contributed by atoms with E-state index < -0.39 is 5.79 Å². The second-order valence-electron chi connectivity index (χ2n) is 13.3. The van der Waals surface area contributed by atoms with E-state index in [4.69, 9.17) is 14.2 Å². The third kappa shape index (κ3) is 3.27. The highest BCUT2D eigenvalue weighted by Crippen LogP contribution is 2.70. The van der Waals surface area contributed by atoms with Gasteiger partial charge in [0, 0.05) is 19.3 Å². The molecule has 35 heavy (non-hydrogen) atoms. The van der Waals surface area contributed by atoms with Gasteiger partial charge in [-0.1, -0.05) is 44.5 Å². The average Bonchev–Trinajstić information content (AvgIpc) is 3.26. The number of oxime groups is 1. The molecule has 2 heterocycles. The zero-order valence-electron chi connectivity index (χ0n) is 22.1. The third-order valence-corrected chi connectivity index (χ3v) is 11.6. The van der Waals surface area contributed by atoms with Gasteiger partial charge in [0.15, 0.2) is 0 Å². The van der Waals surface area contributed by atoms with Gasteiger partial charge in [-0.25, -0.2) is 0 Å². The molecule has 4 aliphatic carbocycles. The summed E-state index contributed by atoms with van der Waals surface area (Å²) in [6, 6.07) is 0. The first-order chi connectivity index (χ1) is 16.6. The molecule has 194 valence electrons. The van der Waals surface area contributed by atoms with Crippen LogP contribution in [0, 0.1) is 46.3 Å². The summed E-state index contributed by atoms with van der Waals surface area (Å²) in [5.74, 6) is 1.99. The molecule has 1 N–H and O–H groups in total. The van der Waals surface area contributed by atoms with Crippen LogP contribution in [0.4, 0.5) is 0 Å². The molecule has 0 aromatic heterocycles. The second kappa shape index (κ2) is 8.05. The lowest BCUT2D eigenvalue weighted by Crippen LogP contribution is -2.55. The van der Waals surface area contributed by atoms with Gasteiger partial charge in [-0.3, -0.25) is 4.79 Å². The minimum atomic E-state index is -0.845. The molecule has 2 saturated heterocycles. The molecule has 0 aromatic carbocycles. The van der Waals surface area contributed by atoms with Crippen LogP contribution in [0.15, 0.2) is 16.8 Å². The topological polar surface area (TPSA) is 77.4 Å². The van der Waals surface area contributed by atoms with Crippen LogP contribution in [0.25, 0.3) is 0 Å². The zero-order chi connectivity index (χ0) is 24.8. The van der Waals surface area contributed by atoms with Crippen molar-refractivity contribution in [2.75, 3.05) is 6.61 Å². The number of allylic oxidation sites excluding steroid dienone is 1. The Morgan fingerprint density at radius 2 is 1.97 bits per heavy atom. The fourth-order valence-electron chi connectivity index (χ4n) is 10.1. The van der Waals surface area contributed by atoms with Crippen molar-refractivity contribution in [3.8, 4) is 0 Å². The maximum atomic E-state index is 11.5. The van der Waals surface area contributed by atoms with E-state index in [0.29, 0.717) is 41.9 Å².